The predicted molar refractivity (Wildman–Crippen MR) is 34.9 cm³/mol. The molecule has 0 aromatic carbocycles. The lowest BCUT2D eigenvalue weighted by Gasteiger charge is -2.36. The van der Waals surface area contributed by atoms with Crippen molar-refractivity contribution in [2.75, 3.05) is 6.61 Å². The Labute approximate surface area is 68.0 Å². The van der Waals surface area contributed by atoms with Gasteiger partial charge in [-0.3, -0.25) is 0 Å². The van der Waals surface area contributed by atoms with Crippen LogP contribution in [-0.2, 0) is 4.74 Å². The number of hydrogen-bond acceptors (Lipinski definition) is 5. The van der Waals surface area contributed by atoms with Crippen LogP contribution >= 0.6 is 0 Å². The number of aliphatic hydroxyl groups excluding tert-OH is 4. The van der Waals surface area contributed by atoms with Crippen LogP contribution in [0.2, 0.25) is 0 Å². The number of aliphatic hydroxyl groups is 4. The zero-order chi connectivity index (χ0) is 9.30. The van der Waals surface area contributed by atoms with Crippen molar-refractivity contribution in [2.24, 2.45) is 0 Å². The van der Waals surface area contributed by atoms with Gasteiger partial charge in [0.05, 0.1) is 6.61 Å². The fourth-order valence-electron chi connectivity index (χ4n) is 1.06. The third-order valence-electron chi connectivity index (χ3n) is 1.82. The molecule has 0 radical (unpaired) electrons. The molecule has 1 saturated heterocycles. The number of alkyl halides is 1. The molecule has 2 unspecified atom stereocenters. The average Bonchev–Trinajstić information content (AvgIpc) is 2.08. The lowest BCUT2D eigenvalue weighted by atomic mass is 10.0. The highest BCUT2D eigenvalue weighted by Crippen LogP contribution is 2.21. The molecule has 12 heavy (non-hydrogen) atoms. The quantitative estimate of drug-likeness (QED) is 0.367. The van der Waals surface area contributed by atoms with E-state index in [2.05, 4.69) is 4.74 Å². The van der Waals surface area contributed by atoms with Crippen LogP contribution in [0.15, 0.2) is 0 Å². The second kappa shape index (κ2) is 3.63. The first kappa shape index (κ1) is 9.82. The van der Waals surface area contributed by atoms with Crippen molar-refractivity contribution < 1.29 is 29.6 Å². The Bertz CT molecular complexity index is 150. The van der Waals surface area contributed by atoms with E-state index in [1.165, 1.54) is 0 Å². The summed E-state index contributed by atoms with van der Waals surface area (Å²) >= 11 is 0. The molecule has 0 saturated carbocycles. The molecule has 1 heterocycles. The van der Waals surface area contributed by atoms with E-state index < -0.39 is 37.4 Å². The standard InChI is InChI=1S/C6H11FO5/c7-3-5(10)4(9)2(1-8)12-6(3)11/h2-6,8-11H,1H2/t2?,3?,4-,5+,6+/m0/s1/i7-1. The van der Waals surface area contributed by atoms with Gasteiger partial charge in [-0.1, -0.05) is 0 Å². The van der Waals surface area contributed by atoms with Gasteiger partial charge in [-0.15, -0.1) is 0 Å². The van der Waals surface area contributed by atoms with E-state index in [0.29, 0.717) is 0 Å². The van der Waals surface area contributed by atoms with E-state index in [1.54, 1.807) is 0 Å². The van der Waals surface area contributed by atoms with Crippen LogP contribution in [-0.4, -0.2) is 57.8 Å². The Morgan fingerprint density at radius 3 is 2.25 bits per heavy atom. The van der Waals surface area contributed by atoms with Gasteiger partial charge in [0.25, 0.3) is 0 Å². The van der Waals surface area contributed by atoms with Crippen molar-refractivity contribution in [2.45, 2.75) is 30.8 Å². The molecular weight excluding hydrogens is 170 g/mol. The van der Waals surface area contributed by atoms with Crippen LogP contribution in [0.4, 0.5) is 4.39 Å². The van der Waals surface area contributed by atoms with E-state index in [9.17, 15) is 4.39 Å². The van der Waals surface area contributed by atoms with Crippen molar-refractivity contribution in [1.29, 1.82) is 0 Å². The Morgan fingerprint density at radius 2 is 1.75 bits per heavy atom. The summed E-state index contributed by atoms with van der Waals surface area (Å²) in [7, 11) is 0. The zero-order valence-electron chi connectivity index (χ0n) is 6.17. The number of halogens is 1. The average molecular weight is 181 g/mol. The monoisotopic (exact) mass is 181 g/mol. The summed E-state index contributed by atoms with van der Waals surface area (Å²) in [4.78, 5) is 0. The van der Waals surface area contributed by atoms with E-state index in [0.717, 1.165) is 0 Å². The Hall–Kier alpha value is -0.270. The molecule has 1 rings (SSSR count). The summed E-state index contributed by atoms with van der Waals surface area (Å²) in [6.07, 6.45) is -8.19. The molecule has 5 nitrogen and oxygen atoms in total. The maximum absolute atomic E-state index is 12.7. The molecule has 1 aliphatic rings. The molecule has 1 aliphatic heterocycles. The number of rotatable bonds is 1. The van der Waals surface area contributed by atoms with Crippen LogP contribution in [0.25, 0.3) is 0 Å². The van der Waals surface area contributed by atoms with Crippen LogP contribution in [0.3, 0.4) is 0 Å². The van der Waals surface area contributed by atoms with E-state index in [1.807, 2.05) is 0 Å². The van der Waals surface area contributed by atoms with Gasteiger partial charge in [0.15, 0.2) is 12.5 Å². The maximum atomic E-state index is 12.7. The van der Waals surface area contributed by atoms with Crippen molar-refractivity contribution in [1.82, 2.24) is 0 Å². The van der Waals surface area contributed by atoms with Gasteiger partial charge >= 0.3 is 0 Å². The van der Waals surface area contributed by atoms with Gasteiger partial charge in [0.2, 0.25) is 0 Å². The second-order valence-corrected chi connectivity index (χ2v) is 2.67. The first-order chi connectivity index (χ1) is 5.57. The molecule has 0 amide bonds. The lowest BCUT2D eigenvalue weighted by molar-refractivity contribution is -0.271. The zero-order valence-corrected chi connectivity index (χ0v) is 6.17. The predicted octanol–water partition coefficient (Wildman–Crippen LogP) is -2.24. The minimum absolute atomic E-state index is 0.581. The van der Waals surface area contributed by atoms with Gasteiger partial charge in [0.1, 0.15) is 18.3 Å². The second-order valence-electron chi connectivity index (χ2n) is 2.67. The third-order valence-corrected chi connectivity index (χ3v) is 1.82. The van der Waals surface area contributed by atoms with Crippen molar-refractivity contribution in [3.8, 4) is 0 Å². The molecule has 6 heteroatoms. The first-order valence-electron chi connectivity index (χ1n) is 3.52. The molecule has 0 aliphatic carbocycles. The summed E-state index contributed by atoms with van der Waals surface area (Å²) in [5, 5.41) is 35.3. The fraction of sp³-hybridized carbons (Fsp3) is 1.00. The van der Waals surface area contributed by atoms with Gasteiger partial charge in [-0.25, -0.2) is 4.39 Å². The summed E-state index contributed by atoms with van der Waals surface area (Å²) in [5.74, 6) is 0. The Morgan fingerprint density at radius 1 is 1.17 bits per heavy atom. The smallest absolute Gasteiger partial charge is 0.189 e. The van der Waals surface area contributed by atoms with Crippen LogP contribution < -0.4 is 0 Å². The summed E-state index contributed by atoms with van der Waals surface area (Å²) in [6.45, 7) is -0.581. The summed E-state index contributed by atoms with van der Waals surface area (Å²) in [6, 6.07) is 0. The van der Waals surface area contributed by atoms with Crippen molar-refractivity contribution >= 4 is 0 Å². The van der Waals surface area contributed by atoms with Crippen LogP contribution in [0.1, 0.15) is 0 Å². The summed E-state index contributed by atoms with van der Waals surface area (Å²) in [5.41, 5.74) is 0. The van der Waals surface area contributed by atoms with Gasteiger partial charge < -0.3 is 25.2 Å². The summed E-state index contributed by atoms with van der Waals surface area (Å²) < 4.78 is 17.1. The Balaban J connectivity index is 2.63. The highest BCUT2D eigenvalue weighted by Gasteiger charge is 2.43. The van der Waals surface area contributed by atoms with Crippen LogP contribution in [0, 0.1) is 0 Å². The topological polar surface area (TPSA) is 90.2 Å². The fourth-order valence-corrected chi connectivity index (χ4v) is 1.06. The van der Waals surface area contributed by atoms with Gasteiger partial charge in [-0.05, 0) is 0 Å². The maximum Gasteiger partial charge on any atom is 0.189 e. The third kappa shape index (κ3) is 1.57. The molecule has 0 aromatic heterocycles. The Kier molecular flexibility index (Phi) is 2.97. The molecule has 5 atom stereocenters. The molecule has 0 bridgehead atoms. The molecule has 0 spiro atoms. The van der Waals surface area contributed by atoms with Crippen LogP contribution in [0.5, 0.6) is 0 Å². The SMILES string of the molecule is OCC1O[C@@H](O)C([18F])[C@@H](O)[C@H]1O. The molecule has 4 N–H and O–H groups in total. The largest absolute Gasteiger partial charge is 0.394 e. The van der Waals surface area contributed by atoms with E-state index in [-0.39, 0.29) is 0 Å². The van der Waals surface area contributed by atoms with Gasteiger partial charge in [-0.2, -0.15) is 0 Å². The molecular formula is C6H11FO5. The molecule has 1 fully saturated rings. The first-order valence-corrected chi connectivity index (χ1v) is 3.52. The van der Waals surface area contributed by atoms with E-state index in [4.69, 9.17) is 20.4 Å². The molecule has 0 aromatic rings. The normalized spacial score (nSPS) is 49.2. The van der Waals surface area contributed by atoms with Crippen molar-refractivity contribution in [3.63, 3.8) is 0 Å². The van der Waals surface area contributed by atoms with E-state index >= 15 is 0 Å². The highest BCUT2D eigenvalue weighted by atomic mass is 18.2. The number of ether oxygens (including phenoxy) is 1. The number of hydrogen-bond donors (Lipinski definition) is 4. The lowest BCUT2D eigenvalue weighted by Crippen LogP contribution is -2.56. The minimum Gasteiger partial charge on any atom is -0.394 e. The highest BCUT2D eigenvalue weighted by molar-refractivity contribution is 4.88. The molecule has 72 valence electrons. The minimum atomic E-state index is -2.04. The van der Waals surface area contributed by atoms with Gasteiger partial charge in [0, 0.05) is 0 Å². The van der Waals surface area contributed by atoms with Crippen molar-refractivity contribution in [3.05, 3.63) is 0 Å².